The Morgan fingerprint density at radius 2 is 1.60 bits per heavy atom. The Labute approximate surface area is 149 Å². The highest BCUT2D eigenvalue weighted by atomic mass is 16.6. The molecule has 0 saturated carbocycles. The van der Waals surface area contributed by atoms with Gasteiger partial charge >= 0.3 is 12.1 Å². The minimum Gasteiger partial charge on any atom is -0.467 e. The number of nitrogens with one attached hydrogen (secondary N) is 2. The molecule has 144 valence electrons. The van der Waals surface area contributed by atoms with Crippen molar-refractivity contribution in [3.63, 3.8) is 0 Å². The van der Waals surface area contributed by atoms with Gasteiger partial charge < -0.3 is 20.1 Å². The van der Waals surface area contributed by atoms with Crippen molar-refractivity contribution in [3.05, 3.63) is 0 Å². The molecule has 0 fully saturated rings. The Bertz CT molecular complexity index is 496. The van der Waals surface area contributed by atoms with Gasteiger partial charge in [0.2, 0.25) is 5.91 Å². The molecule has 0 spiro atoms. The summed E-state index contributed by atoms with van der Waals surface area (Å²) in [6.45, 7) is 10.3. The van der Waals surface area contributed by atoms with E-state index >= 15 is 0 Å². The average molecular weight is 358 g/mol. The van der Waals surface area contributed by atoms with Gasteiger partial charge in [-0.1, -0.05) is 13.8 Å². The second kappa shape index (κ2) is 10.0. The van der Waals surface area contributed by atoms with E-state index in [1.54, 1.807) is 20.8 Å². The van der Waals surface area contributed by atoms with Gasteiger partial charge in [-0.25, -0.2) is 9.59 Å². The van der Waals surface area contributed by atoms with E-state index in [0.29, 0.717) is 6.42 Å². The maximum atomic E-state index is 12.0. The summed E-state index contributed by atoms with van der Waals surface area (Å²) < 4.78 is 9.70. The smallest absolute Gasteiger partial charge is 0.407 e. The van der Waals surface area contributed by atoms with Crippen LogP contribution in [0.15, 0.2) is 0 Å². The van der Waals surface area contributed by atoms with Gasteiger partial charge in [-0.15, -0.1) is 0 Å². The Hall–Kier alpha value is -2.12. The zero-order valence-electron chi connectivity index (χ0n) is 16.1. The van der Waals surface area contributed by atoms with Crippen molar-refractivity contribution in [2.45, 2.75) is 72.1 Å². The highest BCUT2D eigenvalue weighted by molar-refractivity contribution is 6.04. The lowest BCUT2D eigenvalue weighted by Gasteiger charge is -2.25. The topological polar surface area (TPSA) is 111 Å². The number of rotatable bonds is 8. The van der Waals surface area contributed by atoms with Gasteiger partial charge in [0, 0.05) is 12.5 Å². The first-order valence-corrected chi connectivity index (χ1v) is 8.24. The van der Waals surface area contributed by atoms with E-state index in [4.69, 9.17) is 4.74 Å². The van der Waals surface area contributed by atoms with Crippen LogP contribution in [0, 0.1) is 5.92 Å². The molecule has 0 heterocycles. The zero-order chi connectivity index (χ0) is 19.8. The summed E-state index contributed by atoms with van der Waals surface area (Å²) in [6, 6.07) is -1.59. The summed E-state index contributed by atoms with van der Waals surface area (Å²) in [7, 11) is 1.14. The van der Waals surface area contributed by atoms with E-state index in [-0.39, 0.29) is 18.4 Å². The molecule has 2 amide bonds. The highest BCUT2D eigenvalue weighted by Crippen LogP contribution is 2.12. The minimum absolute atomic E-state index is 0.0411. The van der Waals surface area contributed by atoms with Crippen LogP contribution in [0.1, 0.15) is 54.4 Å². The predicted octanol–water partition coefficient (Wildman–Crippen LogP) is 1.56. The molecule has 0 aromatic carbocycles. The summed E-state index contributed by atoms with van der Waals surface area (Å²) >= 11 is 0. The van der Waals surface area contributed by atoms with Crippen molar-refractivity contribution < 1.29 is 28.7 Å². The maximum absolute atomic E-state index is 12.0. The number of hydrogen-bond donors (Lipinski definition) is 2. The molecule has 0 rings (SSSR count). The quantitative estimate of drug-likeness (QED) is 0.503. The zero-order valence-corrected chi connectivity index (χ0v) is 16.1. The van der Waals surface area contributed by atoms with Gasteiger partial charge in [0.05, 0.1) is 7.11 Å². The first-order chi connectivity index (χ1) is 11.4. The minimum atomic E-state index is -1.31. The number of alkyl carbamates (subject to hydrolysis) is 1. The number of carbonyl (C=O) groups is 4. The van der Waals surface area contributed by atoms with E-state index in [9.17, 15) is 19.2 Å². The molecule has 0 aliphatic carbocycles. The Morgan fingerprint density at radius 3 is 2.00 bits per heavy atom. The molecule has 2 N–H and O–H groups in total. The van der Waals surface area contributed by atoms with Crippen LogP contribution in [0.25, 0.3) is 0 Å². The van der Waals surface area contributed by atoms with Gasteiger partial charge in [0.1, 0.15) is 5.60 Å². The fraction of sp³-hybridized carbons (Fsp3) is 0.765. The maximum Gasteiger partial charge on any atom is 0.407 e. The molecule has 0 bridgehead atoms. The van der Waals surface area contributed by atoms with E-state index in [0.717, 1.165) is 7.11 Å². The van der Waals surface area contributed by atoms with Crippen molar-refractivity contribution >= 4 is 23.8 Å². The molecular weight excluding hydrogens is 328 g/mol. The van der Waals surface area contributed by atoms with Crippen LogP contribution in [-0.2, 0) is 23.9 Å². The molecule has 8 nitrogen and oxygen atoms in total. The van der Waals surface area contributed by atoms with E-state index in [1.165, 1.54) is 6.92 Å². The lowest BCUT2D eigenvalue weighted by atomic mass is 9.99. The molecule has 0 radical (unpaired) electrons. The van der Waals surface area contributed by atoms with Gasteiger partial charge in [-0.3, -0.25) is 9.59 Å². The number of hydrogen-bond acceptors (Lipinski definition) is 6. The predicted molar refractivity (Wildman–Crippen MR) is 91.9 cm³/mol. The fourth-order valence-electron chi connectivity index (χ4n) is 2.00. The molecule has 2 atom stereocenters. The van der Waals surface area contributed by atoms with Crippen LogP contribution < -0.4 is 10.6 Å². The first kappa shape index (κ1) is 22.9. The third-order valence-corrected chi connectivity index (χ3v) is 3.34. The standard InChI is InChI=1S/C17H30N2O6/c1-10(2)12(18-16(23)25-17(4,5)6)8-9-13(21)19-14(11(3)20)15(22)24-7/h10,12,14H,8-9H2,1-7H3,(H,18,23)(H,19,21)/t12-,14+/m1/s1. The summed E-state index contributed by atoms with van der Waals surface area (Å²) in [5.41, 5.74) is -0.613. The van der Waals surface area contributed by atoms with Crippen molar-refractivity contribution in [2.75, 3.05) is 7.11 Å². The molecule has 0 aromatic heterocycles. The number of ether oxygens (including phenoxy) is 2. The van der Waals surface area contributed by atoms with Crippen LogP contribution in [-0.4, -0.2) is 48.5 Å². The largest absolute Gasteiger partial charge is 0.467 e. The summed E-state index contributed by atoms with van der Waals surface area (Å²) in [5, 5.41) is 5.08. The lowest BCUT2D eigenvalue weighted by molar-refractivity contribution is -0.148. The fourth-order valence-corrected chi connectivity index (χ4v) is 2.00. The van der Waals surface area contributed by atoms with E-state index in [1.807, 2.05) is 13.8 Å². The van der Waals surface area contributed by atoms with Crippen molar-refractivity contribution in [3.8, 4) is 0 Å². The Balaban J connectivity index is 4.65. The third kappa shape index (κ3) is 9.69. The monoisotopic (exact) mass is 358 g/mol. The normalized spacial score (nSPS) is 13.6. The SMILES string of the molecule is COC(=O)[C@@H](NC(=O)CC[C@@H](NC(=O)OC(C)(C)C)C(C)C)C(C)=O. The lowest BCUT2D eigenvalue weighted by Crippen LogP contribution is -2.47. The first-order valence-electron chi connectivity index (χ1n) is 8.24. The third-order valence-electron chi connectivity index (χ3n) is 3.34. The van der Waals surface area contributed by atoms with Gasteiger partial charge in [-0.2, -0.15) is 0 Å². The Kier molecular flexibility index (Phi) is 9.16. The van der Waals surface area contributed by atoms with E-state index in [2.05, 4.69) is 15.4 Å². The summed E-state index contributed by atoms with van der Waals surface area (Å²) in [6.07, 6.45) is -0.170. The number of amides is 2. The summed E-state index contributed by atoms with van der Waals surface area (Å²) in [4.78, 5) is 46.8. The van der Waals surface area contributed by atoms with Crippen molar-refractivity contribution in [2.24, 2.45) is 5.92 Å². The molecule has 0 aliphatic heterocycles. The molecular formula is C17H30N2O6. The van der Waals surface area contributed by atoms with Crippen molar-refractivity contribution in [1.82, 2.24) is 10.6 Å². The van der Waals surface area contributed by atoms with Crippen LogP contribution in [0.5, 0.6) is 0 Å². The number of ketones is 1. The second-order valence-electron chi connectivity index (χ2n) is 7.17. The van der Waals surface area contributed by atoms with Gasteiger partial charge in [-0.05, 0) is 40.0 Å². The van der Waals surface area contributed by atoms with Crippen molar-refractivity contribution in [1.29, 1.82) is 0 Å². The highest BCUT2D eigenvalue weighted by Gasteiger charge is 2.27. The van der Waals surface area contributed by atoms with Gasteiger partial charge in [0.25, 0.3) is 0 Å². The van der Waals surface area contributed by atoms with Gasteiger partial charge in [0.15, 0.2) is 11.8 Å². The molecule has 0 saturated heterocycles. The van der Waals surface area contributed by atoms with Crippen LogP contribution in [0.2, 0.25) is 0 Å². The molecule has 8 heteroatoms. The van der Waals surface area contributed by atoms with Crippen LogP contribution in [0.4, 0.5) is 4.79 Å². The van der Waals surface area contributed by atoms with Crippen LogP contribution >= 0.6 is 0 Å². The Morgan fingerprint density at radius 1 is 1.04 bits per heavy atom. The molecule has 0 aliphatic rings. The number of esters is 1. The van der Waals surface area contributed by atoms with Crippen LogP contribution in [0.3, 0.4) is 0 Å². The second-order valence-corrected chi connectivity index (χ2v) is 7.17. The number of methoxy groups -OCH3 is 1. The molecule has 0 unspecified atom stereocenters. The average Bonchev–Trinajstić information content (AvgIpc) is 2.45. The number of Topliss-reactive ketones (excluding diaryl/α,β-unsaturated/α-hetero) is 1. The number of carbonyl (C=O) groups excluding carboxylic acids is 4. The molecule has 0 aromatic rings. The van der Waals surface area contributed by atoms with E-state index < -0.39 is 35.4 Å². The summed E-state index contributed by atoms with van der Waals surface area (Å²) in [5.74, 6) is -1.72. The molecule has 25 heavy (non-hydrogen) atoms.